The fraction of sp³-hybridized carbons (Fsp3) is 0.294. The summed E-state index contributed by atoms with van der Waals surface area (Å²) in [6, 6.07) is 11.6. The van der Waals surface area contributed by atoms with Gasteiger partial charge in [0, 0.05) is 37.3 Å². The molecule has 2 aromatic rings. The molecular weight excluding hydrogens is 340 g/mol. The lowest BCUT2D eigenvalue weighted by molar-refractivity contribution is 0.249. The molecule has 0 radical (unpaired) electrons. The fourth-order valence-corrected chi connectivity index (χ4v) is 3.40. The summed E-state index contributed by atoms with van der Waals surface area (Å²) in [6.07, 6.45) is 3.75. The van der Waals surface area contributed by atoms with Gasteiger partial charge in [0.15, 0.2) is 9.84 Å². The Morgan fingerprint density at radius 1 is 1.20 bits per heavy atom. The van der Waals surface area contributed by atoms with E-state index in [1.165, 1.54) is 12.1 Å². The van der Waals surface area contributed by atoms with Crippen LogP contribution in [0.3, 0.4) is 0 Å². The Morgan fingerprint density at radius 3 is 2.60 bits per heavy atom. The molecule has 0 spiro atoms. The predicted molar refractivity (Wildman–Crippen MR) is 96.6 cm³/mol. The highest BCUT2D eigenvalue weighted by molar-refractivity contribution is 7.90. The number of aromatic nitrogens is 1. The number of amides is 2. The van der Waals surface area contributed by atoms with Gasteiger partial charge in [-0.1, -0.05) is 6.07 Å². The summed E-state index contributed by atoms with van der Waals surface area (Å²) < 4.78 is 22.9. The molecule has 132 valence electrons. The first-order valence-corrected chi connectivity index (χ1v) is 9.84. The van der Waals surface area contributed by atoms with Crippen LogP contribution in [0.1, 0.15) is 6.42 Å². The average molecular weight is 360 g/mol. The smallest absolute Gasteiger partial charge is 0.319 e. The van der Waals surface area contributed by atoms with Crippen LogP contribution in [-0.2, 0) is 9.84 Å². The molecule has 1 atom stereocenters. The number of benzene rings is 1. The summed E-state index contributed by atoms with van der Waals surface area (Å²) in [5.41, 5.74) is 0.546. The first-order valence-electron chi connectivity index (χ1n) is 7.95. The molecule has 1 aliphatic rings. The summed E-state index contributed by atoms with van der Waals surface area (Å²) in [4.78, 5) is 18.8. The number of hydrogen-bond donors (Lipinski definition) is 2. The van der Waals surface area contributed by atoms with E-state index in [1.807, 2.05) is 18.2 Å². The van der Waals surface area contributed by atoms with Crippen LogP contribution >= 0.6 is 0 Å². The van der Waals surface area contributed by atoms with Gasteiger partial charge in [0.25, 0.3) is 0 Å². The number of carbonyl (C=O) groups excluding carboxylic acids is 1. The van der Waals surface area contributed by atoms with Crippen molar-refractivity contribution in [1.82, 2.24) is 10.3 Å². The second-order valence-corrected chi connectivity index (χ2v) is 8.03. The summed E-state index contributed by atoms with van der Waals surface area (Å²) in [5, 5.41) is 5.66. The van der Waals surface area contributed by atoms with Crippen molar-refractivity contribution in [2.45, 2.75) is 17.4 Å². The Labute approximate surface area is 147 Å². The quantitative estimate of drug-likeness (QED) is 0.869. The molecule has 8 heteroatoms. The lowest BCUT2D eigenvalue weighted by Crippen LogP contribution is -2.39. The number of anilines is 2. The van der Waals surface area contributed by atoms with E-state index in [-0.39, 0.29) is 17.0 Å². The van der Waals surface area contributed by atoms with Gasteiger partial charge < -0.3 is 15.5 Å². The molecule has 0 aliphatic carbocycles. The molecule has 0 bridgehead atoms. The zero-order valence-corrected chi connectivity index (χ0v) is 14.7. The van der Waals surface area contributed by atoms with E-state index in [1.54, 1.807) is 18.3 Å². The maximum Gasteiger partial charge on any atom is 0.319 e. The Kier molecular flexibility index (Phi) is 4.89. The van der Waals surface area contributed by atoms with Gasteiger partial charge in [-0.05, 0) is 42.8 Å². The average Bonchev–Trinajstić information content (AvgIpc) is 3.03. The Morgan fingerprint density at radius 2 is 1.96 bits per heavy atom. The summed E-state index contributed by atoms with van der Waals surface area (Å²) in [5.74, 6) is 0.906. The van der Waals surface area contributed by atoms with Gasteiger partial charge in [-0.15, -0.1) is 0 Å². The van der Waals surface area contributed by atoms with Gasteiger partial charge in [0.2, 0.25) is 0 Å². The Hall–Kier alpha value is -2.61. The van der Waals surface area contributed by atoms with Crippen molar-refractivity contribution < 1.29 is 13.2 Å². The van der Waals surface area contributed by atoms with E-state index < -0.39 is 9.84 Å². The summed E-state index contributed by atoms with van der Waals surface area (Å²) in [6.45, 7) is 1.54. The van der Waals surface area contributed by atoms with Gasteiger partial charge in [0.05, 0.1) is 4.90 Å². The summed E-state index contributed by atoms with van der Waals surface area (Å²) in [7, 11) is -3.24. The molecule has 1 fully saturated rings. The van der Waals surface area contributed by atoms with Crippen LogP contribution in [0.4, 0.5) is 16.3 Å². The third-order valence-electron chi connectivity index (χ3n) is 4.04. The molecule has 1 unspecified atom stereocenters. The highest BCUT2D eigenvalue weighted by atomic mass is 32.2. The molecule has 0 saturated carbocycles. The molecule has 1 aromatic carbocycles. The van der Waals surface area contributed by atoms with Crippen LogP contribution in [0, 0.1) is 0 Å². The highest BCUT2D eigenvalue weighted by Gasteiger charge is 2.24. The number of pyridine rings is 1. The third kappa shape index (κ3) is 4.48. The largest absolute Gasteiger partial charge is 0.354 e. The number of nitrogens with one attached hydrogen (secondary N) is 2. The number of rotatable bonds is 4. The number of urea groups is 1. The second-order valence-electron chi connectivity index (χ2n) is 6.01. The van der Waals surface area contributed by atoms with Crippen molar-refractivity contribution in [2.75, 3.05) is 29.6 Å². The van der Waals surface area contributed by atoms with Crippen LogP contribution in [0.25, 0.3) is 0 Å². The van der Waals surface area contributed by atoms with Crippen LogP contribution < -0.4 is 15.5 Å². The molecule has 1 saturated heterocycles. The number of carbonyl (C=O) groups is 1. The standard InChI is InChI=1S/C17H20N4O3S/c1-25(23,24)15-7-5-13(6-8-15)19-17(22)20-14-9-11-21(12-14)16-4-2-3-10-18-16/h2-8,10,14H,9,11-12H2,1H3,(H2,19,20,22). The van der Waals surface area contributed by atoms with Gasteiger partial charge >= 0.3 is 6.03 Å². The molecule has 1 aromatic heterocycles. The zero-order chi connectivity index (χ0) is 17.9. The molecule has 25 heavy (non-hydrogen) atoms. The molecule has 7 nitrogen and oxygen atoms in total. The van der Waals surface area contributed by atoms with Gasteiger partial charge in [-0.2, -0.15) is 0 Å². The van der Waals surface area contributed by atoms with Gasteiger partial charge in [-0.3, -0.25) is 0 Å². The molecule has 2 N–H and O–H groups in total. The second kappa shape index (κ2) is 7.10. The minimum absolute atomic E-state index is 0.0392. The first-order chi connectivity index (χ1) is 11.9. The zero-order valence-electron chi connectivity index (χ0n) is 13.8. The van der Waals surface area contributed by atoms with Crippen LogP contribution in [0.15, 0.2) is 53.6 Å². The molecule has 1 aliphatic heterocycles. The lowest BCUT2D eigenvalue weighted by Gasteiger charge is -2.18. The molecule has 2 heterocycles. The molecular formula is C17H20N4O3S. The molecule has 3 rings (SSSR count). The predicted octanol–water partition coefficient (Wildman–Crippen LogP) is 1.89. The number of nitrogens with zero attached hydrogens (tertiary/aromatic N) is 2. The number of sulfone groups is 1. The lowest BCUT2D eigenvalue weighted by atomic mass is 10.3. The van der Waals surface area contributed by atoms with E-state index in [4.69, 9.17) is 0 Å². The van der Waals surface area contributed by atoms with Gasteiger partial charge in [-0.25, -0.2) is 18.2 Å². The highest BCUT2D eigenvalue weighted by Crippen LogP contribution is 2.18. The van der Waals surface area contributed by atoms with Crippen molar-refractivity contribution >= 4 is 27.4 Å². The fourth-order valence-electron chi connectivity index (χ4n) is 2.77. The van der Waals surface area contributed by atoms with Crippen molar-refractivity contribution in [2.24, 2.45) is 0 Å². The van der Waals surface area contributed by atoms with Crippen molar-refractivity contribution in [3.05, 3.63) is 48.7 Å². The topological polar surface area (TPSA) is 91.4 Å². The SMILES string of the molecule is CS(=O)(=O)c1ccc(NC(=O)NC2CCN(c3ccccn3)C2)cc1. The number of hydrogen-bond acceptors (Lipinski definition) is 5. The van der Waals surface area contributed by atoms with E-state index >= 15 is 0 Å². The van der Waals surface area contributed by atoms with E-state index in [9.17, 15) is 13.2 Å². The van der Waals surface area contributed by atoms with Crippen molar-refractivity contribution in [1.29, 1.82) is 0 Å². The molecule has 2 amide bonds. The monoisotopic (exact) mass is 360 g/mol. The maximum atomic E-state index is 12.1. The van der Waals surface area contributed by atoms with E-state index in [0.717, 1.165) is 25.0 Å². The van der Waals surface area contributed by atoms with Crippen LogP contribution in [-0.4, -0.2) is 44.8 Å². The Balaban J connectivity index is 1.53. The summed E-state index contributed by atoms with van der Waals surface area (Å²) >= 11 is 0. The van der Waals surface area contributed by atoms with E-state index in [0.29, 0.717) is 12.2 Å². The minimum Gasteiger partial charge on any atom is -0.354 e. The van der Waals surface area contributed by atoms with Crippen LogP contribution in [0.2, 0.25) is 0 Å². The van der Waals surface area contributed by atoms with Gasteiger partial charge in [0.1, 0.15) is 5.82 Å². The maximum absolute atomic E-state index is 12.1. The first kappa shape index (κ1) is 17.2. The van der Waals surface area contributed by atoms with Crippen LogP contribution in [0.5, 0.6) is 0 Å². The Bertz CT molecular complexity index is 838. The van der Waals surface area contributed by atoms with Crippen molar-refractivity contribution in [3.63, 3.8) is 0 Å². The van der Waals surface area contributed by atoms with Crippen molar-refractivity contribution in [3.8, 4) is 0 Å². The van der Waals surface area contributed by atoms with E-state index in [2.05, 4.69) is 20.5 Å². The minimum atomic E-state index is -3.24. The normalized spacial score (nSPS) is 17.3. The third-order valence-corrected chi connectivity index (χ3v) is 5.17.